The second-order valence-electron chi connectivity index (χ2n) is 5.68. The van der Waals surface area contributed by atoms with Crippen molar-refractivity contribution in [3.63, 3.8) is 0 Å². The Bertz CT molecular complexity index is 1060. The number of benzene rings is 1. The van der Waals surface area contributed by atoms with Gasteiger partial charge in [-0.05, 0) is 24.6 Å². The maximum atomic E-state index is 11.9. The number of ether oxygens (including phenoxy) is 1. The number of hydrogen-bond acceptors (Lipinski definition) is 7. The molecule has 0 aliphatic rings. The van der Waals surface area contributed by atoms with Crippen molar-refractivity contribution in [2.45, 2.75) is 13.5 Å². The second kappa shape index (κ2) is 7.20. The van der Waals surface area contributed by atoms with Crippen LogP contribution in [0.25, 0.3) is 22.5 Å². The maximum Gasteiger partial charge on any atom is 0.325 e. The van der Waals surface area contributed by atoms with Crippen molar-refractivity contribution in [2.24, 2.45) is 0 Å². The molecule has 3 aromatic rings. The Morgan fingerprint density at radius 3 is 2.78 bits per heavy atom. The standard InChI is InChI=1S/C17H18N6O4/c1-2-27-12-5-9(10-6-20-23(7-10)8-13(24)25)3-4-11(12)16-21-15(19)14(18)17(26)22-16/h3-7H,2,8,18H2,1H3,(H,24,25)(H3,19,21,22,26). The molecule has 0 aliphatic heterocycles. The zero-order valence-corrected chi connectivity index (χ0v) is 14.5. The molecule has 0 aliphatic carbocycles. The molecule has 0 saturated carbocycles. The Morgan fingerprint density at radius 1 is 1.33 bits per heavy atom. The van der Waals surface area contributed by atoms with Gasteiger partial charge in [-0.25, -0.2) is 4.98 Å². The molecule has 27 heavy (non-hydrogen) atoms. The van der Waals surface area contributed by atoms with E-state index < -0.39 is 11.5 Å². The van der Waals surface area contributed by atoms with Crippen molar-refractivity contribution in [1.29, 1.82) is 0 Å². The highest BCUT2D eigenvalue weighted by Gasteiger charge is 2.14. The fourth-order valence-corrected chi connectivity index (χ4v) is 2.54. The third-order valence-electron chi connectivity index (χ3n) is 3.79. The zero-order chi connectivity index (χ0) is 19.6. The summed E-state index contributed by atoms with van der Waals surface area (Å²) >= 11 is 0. The average molecular weight is 370 g/mol. The number of nitrogens with two attached hydrogens (primary N) is 2. The van der Waals surface area contributed by atoms with Gasteiger partial charge >= 0.3 is 5.97 Å². The van der Waals surface area contributed by atoms with Gasteiger partial charge in [-0.1, -0.05) is 6.07 Å². The summed E-state index contributed by atoms with van der Waals surface area (Å²) in [6, 6.07) is 5.27. The molecule has 0 amide bonds. The minimum atomic E-state index is -0.981. The molecule has 10 heteroatoms. The summed E-state index contributed by atoms with van der Waals surface area (Å²) < 4.78 is 7.00. The third kappa shape index (κ3) is 3.73. The summed E-state index contributed by atoms with van der Waals surface area (Å²) in [5.41, 5.74) is 12.6. The van der Waals surface area contributed by atoms with Crippen LogP contribution in [0, 0.1) is 0 Å². The van der Waals surface area contributed by atoms with E-state index in [2.05, 4.69) is 15.1 Å². The first-order valence-corrected chi connectivity index (χ1v) is 8.06. The molecule has 3 rings (SSSR count). The predicted molar refractivity (Wildman–Crippen MR) is 99.1 cm³/mol. The summed E-state index contributed by atoms with van der Waals surface area (Å²) in [5.74, 6) is -0.322. The molecule has 2 heterocycles. The molecule has 0 bridgehead atoms. The van der Waals surface area contributed by atoms with Crippen LogP contribution in [0.4, 0.5) is 11.5 Å². The lowest BCUT2D eigenvalue weighted by molar-refractivity contribution is -0.137. The van der Waals surface area contributed by atoms with Crippen molar-refractivity contribution >= 4 is 17.5 Å². The van der Waals surface area contributed by atoms with Crippen LogP contribution in [-0.4, -0.2) is 37.4 Å². The van der Waals surface area contributed by atoms with Gasteiger partial charge in [0.2, 0.25) is 0 Å². The molecule has 1 aromatic carbocycles. The Balaban J connectivity index is 2.04. The van der Waals surface area contributed by atoms with Crippen LogP contribution in [0.5, 0.6) is 5.75 Å². The maximum absolute atomic E-state index is 11.9. The second-order valence-corrected chi connectivity index (χ2v) is 5.68. The highest BCUT2D eigenvalue weighted by molar-refractivity contribution is 5.74. The van der Waals surface area contributed by atoms with Gasteiger partial charge in [0.15, 0.2) is 5.82 Å². The first kappa shape index (κ1) is 18.0. The molecule has 0 atom stereocenters. The third-order valence-corrected chi connectivity index (χ3v) is 3.79. The first-order chi connectivity index (χ1) is 12.9. The molecule has 0 fully saturated rings. The molecule has 140 valence electrons. The fraction of sp³-hybridized carbons (Fsp3) is 0.176. The van der Waals surface area contributed by atoms with Crippen LogP contribution in [0.2, 0.25) is 0 Å². The minimum absolute atomic E-state index is 0.0600. The predicted octanol–water partition coefficient (Wildman–Crippen LogP) is 0.948. The van der Waals surface area contributed by atoms with Crippen LogP contribution in [0.3, 0.4) is 0 Å². The van der Waals surface area contributed by atoms with Gasteiger partial charge in [0.25, 0.3) is 5.56 Å². The summed E-state index contributed by atoms with van der Waals surface area (Å²) in [6.07, 6.45) is 3.19. The van der Waals surface area contributed by atoms with E-state index in [4.69, 9.17) is 21.3 Å². The number of carboxylic acids is 1. The monoisotopic (exact) mass is 370 g/mol. The molecule has 0 saturated heterocycles. The number of rotatable bonds is 6. The van der Waals surface area contributed by atoms with E-state index in [1.165, 1.54) is 4.68 Å². The van der Waals surface area contributed by atoms with Gasteiger partial charge in [0.1, 0.15) is 23.8 Å². The number of nitrogen functional groups attached to an aromatic ring is 2. The Hall–Kier alpha value is -3.82. The van der Waals surface area contributed by atoms with Crippen LogP contribution in [0.1, 0.15) is 6.92 Å². The largest absolute Gasteiger partial charge is 0.493 e. The van der Waals surface area contributed by atoms with E-state index in [0.717, 1.165) is 11.1 Å². The van der Waals surface area contributed by atoms with Crippen molar-refractivity contribution in [2.75, 3.05) is 18.1 Å². The Morgan fingerprint density at radius 2 is 2.11 bits per heavy atom. The van der Waals surface area contributed by atoms with E-state index in [1.54, 1.807) is 30.6 Å². The lowest BCUT2D eigenvalue weighted by Gasteiger charge is -2.12. The normalized spacial score (nSPS) is 10.7. The Labute approximate surface area is 153 Å². The van der Waals surface area contributed by atoms with Gasteiger partial charge in [-0.15, -0.1) is 0 Å². The average Bonchev–Trinajstić information content (AvgIpc) is 3.07. The molecule has 10 nitrogen and oxygen atoms in total. The van der Waals surface area contributed by atoms with Crippen LogP contribution < -0.4 is 21.8 Å². The summed E-state index contributed by atoms with van der Waals surface area (Å²) in [7, 11) is 0. The first-order valence-electron chi connectivity index (χ1n) is 8.06. The highest BCUT2D eigenvalue weighted by atomic mass is 16.5. The van der Waals surface area contributed by atoms with Gasteiger partial charge in [0, 0.05) is 11.8 Å². The summed E-state index contributed by atoms with van der Waals surface area (Å²) in [4.78, 5) is 29.4. The van der Waals surface area contributed by atoms with Gasteiger partial charge in [-0.3, -0.25) is 14.3 Å². The van der Waals surface area contributed by atoms with E-state index in [9.17, 15) is 9.59 Å². The number of hydrogen-bond donors (Lipinski definition) is 4. The summed E-state index contributed by atoms with van der Waals surface area (Å²) in [5, 5.41) is 12.9. The molecular weight excluding hydrogens is 352 g/mol. The molecule has 6 N–H and O–H groups in total. The topological polar surface area (TPSA) is 162 Å². The number of H-pyrrole nitrogens is 1. The number of aromatic nitrogens is 4. The molecule has 2 aromatic heterocycles. The van der Waals surface area contributed by atoms with E-state index in [0.29, 0.717) is 17.9 Å². The Kier molecular flexibility index (Phi) is 4.79. The van der Waals surface area contributed by atoms with Crippen molar-refractivity contribution in [3.05, 3.63) is 40.9 Å². The fourth-order valence-electron chi connectivity index (χ4n) is 2.54. The summed E-state index contributed by atoms with van der Waals surface area (Å²) in [6.45, 7) is 1.99. The van der Waals surface area contributed by atoms with Gasteiger partial charge in [-0.2, -0.15) is 5.10 Å². The lowest BCUT2D eigenvalue weighted by atomic mass is 10.1. The van der Waals surface area contributed by atoms with Crippen molar-refractivity contribution in [1.82, 2.24) is 19.7 Å². The molecular formula is C17H18N6O4. The van der Waals surface area contributed by atoms with Crippen LogP contribution >= 0.6 is 0 Å². The highest BCUT2D eigenvalue weighted by Crippen LogP contribution is 2.33. The number of nitrogens with zero attached hydrogens (tertiary/aromatic N) is 3. The number of anilines is 2. The van der Waals surface area contributed by atoms with E-state index in [-0.39, 0.29) is 23.9 Å². The number of aromatic amines is 1. The van der Waals surface area contributed by atoms with Crippen LogP contribution in [0.15, 0.2) is 35.4 Å². The minimum Gasteiger partial charge on any atom is -0.493 e. The number of carboxylic acid groups (broad SMARTS) is 1. The van der Waals surface area contributed by atoms with Crippen LogP contribution in [-0.2, 0) is 11.3 Å². The lowest BCUT2D eigenvalue weighted by Crippen LogP contribution is -2.17. The molecule has 0 unspecified atom stereocenters. The van der Waals surface area contributed by atoms with E-state index in [1.807, 2.05) is 6.92 Å². The SMILES string of the molecule is CCOc1cc(-c2cnn(CC(=O)O)c2)ccc1-c1nc(N)c(N)c(=O)[nH]1. The smallest absolute Gasteiger partial charge is 0.325 e. The zero-order valence-electron chi connectivity index (χ0n) is 14.5. The van der Waals surface area contributed by atoms with Gasteiger partial charge in [0.05, 0.1) is 18.4 Å². The number of aliphatic carboxylic acids is 1. The number of carbonyl (C=O) groups is 1. The molecule has 0 radical (unpaired) electrons. The van der Waals surface area contributed by atoms with Gasteiger partial charge < -0.3 is 26.3 Å². The number of nitrogens with one attached hydrogen (secondary N) is 1. The quantitative estimate of drug-likeness (QED) is 0.498. The molecule has 0 spiro atoms. The van der Waals surface area contributed by atoms with Crippen molar-refractivity contribution < 1.29 is 14.6 Å². The van der Waals surface area contributed by atoms with Crippen molar-refractivity contribution in [3.8, 4) is 28.3 Å². The van der Waals surface area contributed by atoms with E-state index >= 15 is 0 Å².